The minimum atomic E-state index is -0.648. The first-order chi connectivity index (χ1) is 11.5. The molecule has 0 spiro atoms. The molecule has 0 aliphatic carbocycles. The SMILES string of the molecule is C[C@H]1C(=O)N(c2cccc(Br)c2)CCN1C(=O)c1ccccc1F. The van der Waals surface area contributed by atoms with E-state index in [1.54, 1.807) is 17.9 Å². The van der Waals surface area contributed by atoms with E-state index < -0.39 is 17.8 Å². The number of piperazine rings is 1. The van der Waals surface area contributed by atoms with Gasteiger partial charge in [0.2, 0.25) is 5.91 Å². The normalized spacial score (nSPS) is 18.0. The van der Waals surface area contributed by atoms with Crippen LogP contribution in [0.4, 0.5) is 10.1 Å². The maximum absolute atomic E-state index is 13.9. The first-order valence-corrected chi connectivity index (χ1v) is 8.41. The summed E-state index contributed by atoms with van der Waals surface area (Å²) in [5.41, 5.74) is 0.771. The summed E-state index contributed by atoms with van der Waals surface area (Å²) in [5, 5.41) is 0. The van der Waals surface area contributed by atoms with Crippen LogP contribution in [0.1, 0.15) is 17.3 Å². The molecule has 1 fully saturated rings. The van der Waals surface area contributed by atoms with Gasteiger partial charge in [-0.15, -0.1) is 0 Å². The van der Waals surface area contributed by atoms with Gasteiger partial charge in [-0.05, 0) is 37.3 Å². The second-order valence-electron chi connectivity index (χ2n) is 5.62. The molecule has 1 saturated heterocycles. The van der Waals surface area contributed by atoms with Crippen LogP contribution in [0.25, 0.3) is 0 Å². The lowest BCUT2D eigenvalue weighted by Crippen LogP contribution is -2.57. The predicted octanol–water partition coefficient (Wildman–Crippen LogP) is 3.47. The third kappa shape index (κ3) is 3.06. The summed E-state index contributed by atoms with van der Waals surface area (Å²) in [6.45, 7) is 2.40. The Morgan fingerprint density at radius 2 is 1.92 bits per heavy atom. The molecule has 4 nitrogen and oxygen atoms in total. The zero-order valence-corrected chi connectivity index (χ0v) is 14.7. The lowest BCUT2D eigenvalue weighted by atomic mass is 10.1. The van der Waals surface area contributed by atoms with Crippen molar-refractivity contribution in [2.75, 3.05) is 18.0 Å². The van der Waals surface area contributed by atoms with E-state index in [9.17, 15) is 14.0 Å². The third-order valence-corrected chi connectivity index (χ3v) is 4.63. The molecule has 3 rings (SSSR count). The highest BCUT2D eigenvalue weighted by Crippen LogP contribution is 2.24. The van der Waals surface area contributed by atoms with E-state index in [0.717, 1.165) is 10.2 Å². The van der Waals surface area contributed by atoms with Gasteiger partial charge in [-0.2, -0.15) is 0 Å². The van der Waals surface area contributed by atoms with Gasteiger partial charge in [0.1, 0.15) is 11.9 Å². The van der Waals surface area contributed by atoms with Gasteiger partial charge in [0.15, 0.2) is 0 Å². The lowest BCUT2D eigenvalue weighted by molar-refractivity contribution is -0.124. The highest BCUT2D eigenvalue weighted by atomic mass is 79.9. The van der Waals surface area contributed by atoms with Crippen molar-refractivity contribution in [1.82, 2.24) is 4.90 Å². The van der Waals surface area contributed by atoms with Crippen molar-refractivity contribution in [3.05, 3.63) is 64.4 Å². The Bertz CT molecular complexity index is 796. The Morgan fingerprint density at radius 3 is 2.62 bits per heavy atom. The van der Waals surface area contributed by atoms with E-state index >= 15 is 0 Å². The Labute approximate surface area is 148 Å². The van der Waals surface area contributed by atoms with Crippen LogP contribution in [0, 0.1) is 5.82 Å². The number of hydrogen-bond acceptors (Lipinski definition) is 2. The topological polar surface area (TPSA) is 40.6 Å². The van der Waals surface area contributed by atoms with Crippen molar-refractivity contribution < 1.29 is 14.0 Å². The molecule has 0 aromatic heterocycles. The van der Waals surface area contributed by atoms with Crippen LogP contribution in [0.15, 0.2) is 53.0 Å². The van der Waals surface area contributed by atoms with Crippen LogP contribution in [0.3, 0.4) is 0 Å². The molecule has 1 aliphatic heterocycles. The summed E-state index contributed by atoms with van der Waals surface area (Å²) in [5.74, 6) is -1.21. The molecule has 24 heavy (non-hydrogen) atoms. The molecular weight excluding hydrogens is 375 g/mol. The van der Waals surface area contributed by atoms with Crippen LogP contribution in [0.2, 0.25) is 0 Å². The number of anilines is 1. The molecule has 1 atom stereocenters. The summed E-state index contributed by atoms with van der Waals surface area (Å²) >= 11 is 3.39. The molecule has 2 amide bonds. The largest absolute Gasteiger partial charge is 0.325 e. The van der Waals surface area contributed by atoms with E-state index in [1.165, 1.54) is 23.1 Å². The summed E-state index contributed by atoms with van der Waals surface area (Å²) in [4.78, 5) is 28.4. The van der Waals surface area contributed by atoms with Crippen LogP contribution in [-0.4, -0.2) is 35.8 Å². The molecule has 0 bridgehead atoms. The highest BCUT2D eigenvalue weighted by molar-refractivity contribution is 9.10. The van der Waals surface area contributed by atoms with E-state index in [2.05, 4.69) is 15.9 Å². The third-order valence-electron chi connectivity index (χ3n) is 4.14. The first kappa shape index (κ1) is 16.6. The molecule has 1 heterocycles. The molecule has 0 radical (unpaired) electrons. The van der Waals surface area contributed by atoms with E-state index in [0.29, 0.717) is 13.1 Å². The van der Waals surface area contributed by atoms with Gasteiger partial charge in [-0.25, -0.2) is 4.39 Å². The Kier molecular flexibility index (Phi) is 4.66. The van der Waals surface area contributed by atoms with Crippen molar-refractivity contribution in [2.45, 2.75) is 13.0 Å². The van der Waals surface area contributed by atoms with Crippen molar-refractivity contribution in [3.8, 4) is 0 Å². The molecule has 0 unspecified atom stereocenters. The zero-order chi connectivity index (χ0) is 17.3. The Balaban J connectivity index is 1.83. The van der Waals surface area contributed by atoms with Crippen LogP contribution in [0.5, 0.6) is 0 Å². The van der Waals surface area contributed by atoms with Gasteiger partial charge in [0, 0.05) is 23.2 Å². The van der Waals surface area contributed by atoms with Gasteiger partial charge in [0.25, 0.3) is 5.91 Å². The van der Waals surface area contributed by atoms with Gasteiger partial charge in [0.05, 0.1) is 5.56 Å². The maximum Gasteiger partial charge on any atom is 0.257 e. The van der Waals surface area contributed by atoms with Crippen LogP contribution in [-0.2, 0) is 4.79 Å². The molecular formula is C18H16BrFN2O2. The van der Waals surface area contributed by atoms with E-state index in [1.807, 2.05) is 24.3 Å². The van der Waals surface area contributed by atoms with Crippen molar-refractivity contribution in [1.29, 1.82) is 0 Å². The van der Waals surface area contributed by atoms with Gasteiger partial charge < -0.3 is 9.80 Å². The quantitative estimate of drug-likeness (QED) is 0.787. The van der Waals surface area contributed by atoms with Gasteiger partial charge >= 0.3 is 0 Å². The molecule has 124 valence electrons. The van der Waals surface area contributed by atoms with Crippen LogP contribution >= 0.6 is 15.9 Å². The fourth-order valence-electron chi connectivity index (χ4n) is 2.84. The van der Waals surface area contributed by atoms with E-state index in [-0.39, 0.29) is 11.5 Å². The standard InChI is InChI=1S/C18H16BrFN2O2/c1-12-17(23)22(14-6-4-5-13(19)11-14)10-9-21(12)18(24)15-7-2-3-8-16(15)20/h2-8,11-12H,9-10H2,1H3/t12-/m0/s1. The fraction of sp³-hybridized carbons (Fsp3) is 0.222. The number of benzene rings is 2. The maximum atomic E-state index is 13.9. The number of carbonyl (C=O) groups is 2. The number of hydrogen-bond donors (Lipinski definition) is 0. The molecule has 1 aliphatic rings. The van der Waals surface area contributed by atoms with E-state index in [4.69, 9.17) is 0 Å². The summed E-state index contributed by atoms with van der Waals surface area (Å²) in [6, 6.07) is 12.6. The van der Waals surface area contributed by atoms with Crippen molar-refractivity contribution in [3.63, 3.8) is 0 Å². The van der Waals surface area contributed by atoms with Gasteiger partial charge in [-0.3, -0.25) is 9.59 Å². The molecule has 0 saturated carbocycles. The number of carbonyl (C=O) groups excluding carboxylic acids is 2. The molecule has 2 aromatic carbocycles. The molecule has 0 N–H and O–H groups in total. The monoisotopic (exact) mass is 390 g/mol. The first-order valence-electron chi connectivity index (χ1n) is 7.61. The molecule has 6 heteroatoms. The smallest absolute Gasteiger partial charge is 0.257 e. The molecule has 2 aromatic rings. The average molecular weight is 391 g/mol. The number of amides is 2. The zero-order valence-electron chi connectivity index (χ0n) is 13.1. The lowest BCUT2D eigenvalue weighted by Gasteiger charge is -2.39. The summed E-state index contributed by atoms with van der Waals surface area (Å²) in [7, 11) is 0. The number of halogens is 2. The second kappa shape index (κ2) is 6.73. The highest BCUT2D eigenvalue weighted by Gasteiger charge is 2.36. The second-order valence-corrected chi connectivity index (χ2v) is 6.54. The predicted molar refractivity (Wildman–Crippen MR) is 93.4 cm³/mol. The Hall–Kier alpha value is -2.21. The van der Waals surface area contributed by atoms with Crippen LogP contribution < -0.4 is 4.90 Å². The average Bonchev–Trinajstić information content (AvgIpc) is 2.57. The minimum Gasteiger partial charge on any atom is -0.325 e. The number of nitrogens with zero attached hydrogens (tertiary/aromatic N) is 2. The van der Waals surface area contributed by atoms with Crippen molar-refractivity contribution >= 4 is 33.4 Å². The Morgan fingerprint density at radius 1 is 1.17 bits per heavy atom. The van der Waals surface area contributed by atoms with Crippen molar-refractivity contribution in [2.24, 2.45) is 0 Å². The summed E-state index contributed by atoms with van der Waals surface area (Å²) < 4.78 is 14.7. The van der Waals surface area contributed by atoms with Gasteiger partial charge in [-0.1, -0.05) is 34.1 Å². The minimum absolute atomic E-state index is 0.00643. The fourth-order valence-corrected chi connectivity index (χ4v) is 3.22. The summed E-state index contributed by atoms with van der Waals surface area (Å²) in [6.07, 6.45) is 0. The number of rotatable bonds is 2.